The Morgan fingerprint density at radius 1 is 1.30 bits per heavy atom. The van der Waals surface area contributed by atoms with Crippen molar-refractivity contribution in [2.75, 3.05) is 26.5 Å². The number of benzene rings is 1. The number of unbranched alkanes of at least 4 members (excludes halogenated alkanes) is 1. The van der Waals surface area contributed by atoms with E-state index in [0.717, 1.165) is 30.7 Å². The first-order valence-corrected chi connectivity index (χ1v) is 8.00. The minimum atomic E-state index is -0.0422. The van der Waals surface area contributed by atoms with E-state index in [1.54, 1.807) is 4.90 Å². The molecule has 0 aliphatic carbocycles. The van der Waals surface area contributed by atoms with Crippen LogP contribution in [0.4, 0.5) is 0 Å². The molecule has 0 bridgehead atoms. The minimum absolute atomic E-state index is 0.0387. The standard InChI is InChI=1S/C17H24N2O4/c1-4-6-9-19(5-2)17(20)11-23-18-13(3)14-7-8-15-16(10-14)22-12-21-15/h7-8,10H,4-6,9,11-12H2,1-3H3/b18-13+. The normalized spacial score (nSPS) is 13.1. The van der Waals surface area contributed by atoms with Crippen LogP contribution in [0.1, 0.15) is 39.2 Å². The molecule has 1 aromatic carbocycles. The maximum Gasteiger partial charge on any atom is 0.263 e. The molecule has 2 rings (SSSR count). The Labute approximate surface area is 137 Å². The fourth-order valence-corrected chi connectivity index (χ4v) is 2.26. The molecular formula is C17H24N2O4. The third kappa shape index (κ3) is 4.61. The molecule has 0 unspecified atom stereocenters. The number of carbonyl (C=O) groups excluding carboxylic acids is 1. The Kier molecular flexibility index (Phi) is 6.26. The summed E-state index contributed by atoms with van der Waals surface area (Å²) in [6.45, 7) is 7.55. The molecular weight excluding hydrogens is 296 g/mol. The number of oxime groups is 1. The van der Waals surface area contributed by atoms with Gasteiger partial charge in [-0.3, -0.25) is 4.79 Å². The molecule has 0 aromatic heterocycles. The molecule has 1 aliphatic heterocycles. The Morgan fingerprint density at radius 2 is 2.09 bits per heavy atom. The van der Waals surface area contributed by atoms with Gasteiger partial charge < -0.3 is 19.2 Å². The van der Waals surface area contributed by atoms with Gasteiger partial charge in [-0.05, 0) is 38.5 Å². The fraction of sp³-hybridized carbons (Fsp3) is 0.529. The lowest BCUT2D eigenvalue weighted by Gasteiger charge is -2.19. The minimum Gasteiger partial charge on any atom is -0.454 e. The van der Waals surface area contributed by atoms with Crippen LogP contribution < -0.4 is 9.47 Å². The number of fused-ring (bicyclic) bond motifs is 1. The lowest BCUT2D eigenvalue weighted by atomic mass is 10.1. The van der Waals surface area contributed by atoms with Crippen LogP contribution in [0.5, 0.6) is 11.5 Å². The first-order valence-electron chi connectivity index (χ1n) is 8.00. The summed E-state index contributed by atoms with van der Waals surface area (Å²) in [5.74, 6) is 1.39. The highest BCUT2D eigenvalue weighted by Crippen LogP contribution is 2.32. The topological polar surface area (TPSA) is 60.4 Å². The third-order valence-electron chi connectivity index (χ3n) is 3.70. The molecule has 1 aromatic rings. The summed E-state index contributed by atoms with van der Waals surface area (Å²) in [5.41, 5.74) is 1.56. The molecule has 23 heavy (non-hydrogen) atoms. The van der Waals surface area contributed by atoms with Crippen molar-refractivity contribution in [3.05, 3.63) is 23.8 Å². The summed E-state index contributed by atoms with van der Waals surface area (Å²) in [7, 11) is 0. The highest BCUT2D eigenvalue weighted by molar-refractivity contribution is 5.99. The van der Waals surface area contributed by atoms with Crippen LogP contribution in [0, 0.1) is 0 Å². The molecule has 6 nitrogen and oxygen atoms in total. The number of nitrogens with zero attached hydrogens (tertiary/aromatic N) is 2. The monoisotopic (exact) mass is 320 g/mol. The first kappa shape index (κ1) is 17.1. The SMILES string of the molecule is CCCCN(CC)C(=O)CO/N=C(\C)c1ccc2c(c1)OCO2. The van der Waals surface area contributed by atoms with E-state index in [0.29, 0.717) is 18.0 Å². The van der Waals surface area contributed by atoms with Crippen molar-refractivity contribution < 1.29 is 19.1 Å². The summed E-state index contributed by atoms with van der Waals surface area (Å²) in [6.07, 6.45) is 2.06. The van der Waals surface area contributed by atoms with Gasteiger partial charge in [-0.2, -0.15) is 0 Å². The van der Waals surface area contributed by atoms with Crippen molar-refractivity contribution in [2.24, 2.45) is 5.16 Å². The molecule has 1 heterocycles. The lowest BCUT2D eigenvalue weighted by molar-refractivity contribution is -0.136. The van der Waals surface area contributed by atoms with E-state index in [4.69, 9.17) is 14.3 Å². The van der Waals surface area contributed by atoms with Gasteiger partial charge in [-0.1, -0.05) is 18.5 Å². The van der Waals surface area contributed by atoms with Crippen molar-refractivity contribution in [1.82, 2.24) is 4.90 Å². The lowest BCUT2D eigenvalue weighted by Crippen LogP contribution is -2.34. The van der Waals surface area contributed by atoms with Gasteiger partial charge in [0.2, 0.25) is 6.79 Å². The summed E-state index contributed by atoms with van der Waals surface area (Å²) < 4.78 is 10.6. The Hall–Kier alpha value is -2.24. The molecule has 0 N–H and O–H groups in total. The van der Waals surface area contributed by atoms with Crippen molar-refractivity contribution in [3.8, 4) is 11.5 Å². The van der Waals surface area contributed by atoms with Crippen LogP contribution >= 0.6 is 0 Å². The highest BCUT2D eigenvalue weighted by atomic mass is 16.7. The first-order chi connectivity index (χ1) is 11.2. The number of likely N-dealkylation sites (N-methyl/N-ethyl adjacent to an activating group) is 1. The zero-order valence-corrected chi connectivity index (χ0v) is 14.0. The van der Waals surface area contributed by atoms with Gasteiger partial charge >= 0.3 is 0 Å². The second-order valence-electron chi connectivity index (χ2n) is 5.35. The molecule has 0 saturated heterocycles. The smallest absolute Gasteiger partial charge is 0.263 e. The number of carbonyl (C=O) groups is 1. The molecule has 126 valence electrons. The predicted octanol–water partition coefficient (Wildman–Crippen LogP) is 2.80. The highest BCUT2D eigenvalue weighted by Gasteiger charge is 2.15. The van der Waals surface area contributed by atoms with Crippen molar-refractivity contribution in [1.29, 1.82) is 0 Å². The van der Waals surface area contributed by atoms with Crippen molar-refractivity contribution >= 4 is 11.6 Å². The van der Waals surface area contributed by atoms with Crippen LogP contribution in [0.25, 0.3) is 0 Å². The average Bonchev–Trinajstić information content (AvgIpc) is 3.03. The average molecular weight is 320 g/mol. The second kappa shape index (κ2) is 8.41. The molecule has 1 aliphatic rings. The van der Waals surface area contributed by atoms with Gasteiger partial charge in [0.15, 0.2) is 18.1 Å². The van der Waals surface area contributed by atoms with E-state index >= 15 is 0 Å². The Balaban J connectivity index is 1.88. The quantitative estimate of drug-likeness (QED) is 0.546. The zero-order chi connectivity index (χ0) is 16.7. The molecule has 1 amide bonds. The largest absolute Gasteiger partial charge is 0.454 e. The van der Waals surface area contributed by atoms with Gasteiger partial charge in [-0.15, -0.1) is 0 Å². The van der Waals surface area contributed by atoms with E-state index in [2.05, 4.69) is 12.1 Å². The van der Waals surface area contributed by atoms with Gasteiger partial charge in [0, 0.05) is 18.7 Å². The van der Waals surface area contributed by atoms with E-state index < -0.39 is 0 Å². The molecule has 0 saturated carbocycles. The second-order valence-corrected chi connectivity index (χ2v) is 5.35. The number of rotatable bonds is 8. The maximum atomic E-state index is 12.0. The van der Waals surface area contributed by atoms with Crippen LogP contribution in [0.15, 0.2) is 23.4 Å². The molecule has 0 spiro atoms. The summed E-state index contributed by atoms with van der Waals surface area (Å²) >= 11 is 0. The Morgan fingerprint density at radius 3 is 2.83 bits per heavy atom. The van der Waals surface area contributed by atoms with Crippen LogP contribution in [0.2, 0.25) is 0 Å². The van der Waals surface area contributed by atoms with Crippen LogP contribution in [0.3, 0.4) is 0 Å². The summed E-state index contributed by atoms with van der Waals surface area (Å²) in [6, 6.07) is 5.58. The molecule has 0 radical (unpaired) electrons. The molecule has 6 heteroatoms. The van der Waals surface area contributed by atoms with Crippen molar-refractivity contribution in [3.63, 3.8) is 0 Å². The van der Waals surface area contributed by atoms with Gasteiger partial charge in [0.1, 0.15) is 0 Å². The van der Waals surface area contributed by atoms with E-state index in [1.165, 1.54) is 0 Å². The van der Waals surface area contributed by atoms with Crippen molar-refractivity contribution in [2.45, 2.75) is 33.6 Å². The molecule has 0 fully saturated rings. The van der Waals surface area contributed by atoms with Gasteiger partial charge in [0.05, 0.1) is 5.71 Å². The van der Waals surface area contributed by atoms with E-state index in [9.17, 15) is 4.79 Å². The number of ether oxygens (including phenoxy) is 2. The molecule has 0 atom stereocenters. The number of amides is 1. The number of hydrogen-bond acceptors (Lipinski definition) is 5. The van der Waals surface area contributed by atoms with Gasteiger partial charge in [-0.25, -0.2) is 0 Å². The summed E-state index contributed by atoms with van der Waals surface area (Å²) in [4.78, 5) is 19.1. The maximum absolute atomic E-state index is 12.0. The third-order valence-corrected chi connectivity index (χ3v) is 3.70. The van der Waals surface area contributed by atoms with E-state index in [-0.39, 0.29) is 19.3 Å². The van der Waals surface area contributed by atoms with E-state index in [1.807, 2.05) is 32.0 Å². The fourth-order valence-electron chi connectivity index (χ4n) is 2.26. The van der Waals surface area contributed by atoms with Crippen LogP contribution in [-0.4, -0.2) is 43.0 Å². The van der Waals surface area contributed by atoms with Crippen LogP contribution in [-0.2, 0) is 9.63 Å². The zero-order valence-electron chi connectivity index (χ0n) is 14.0. The number of hydrogen-bond donors (Lipinski definition) is 0. The predicted molar refractivity (Wildman–Crippen MR) is 87.9 cm³/mol. The van der Waals surface area contributed by atoms with Gasteiger partial charge in [0.25, 0.3) is 5.91 Å². The summed E-state index contributed by atoms with van der Waals surface area (Å²) in [5, 5.41) is 4.03. The Bertz CT molecular complexity index is 572.